The summed E-state index contributed by atoms with van der Waals surface area (Å²) in [5.41, 5.74) is 10.9. The van der Waals surface area contributed by atoms with E-state index in [1.165, 1.54) is 16.0 Å². The summed E-state index contributed by atoms with van der Waals surface area (Å²) in [7, 11) is 1.62. The molecule has 2 aromatic carbocycles. The van der Waals surface area contributed by atoms with Crippen molar-refractivity contribution in [3.05, 3.63) is 78.1 Å². The van der Waals surface area contributed by atoms with Crippen molar-refractivity contribution in [3.8, 4) is 22.4 Å². The number of cyclic esters (lactones) is 1. The number of nitrogens with zero attached hydrogens (tertiary/aromatic N) is 6. The van der Waals surface area contributed by atoms with Gasteiger partial charge in [-0.2, -0.15) is 5.10 Å². The van der Waals surface area contributed by atoms with Gasteiger partial charge in [-0.25, -0.2) is 5.43 Å². The molecule has 4 aromatic rings. The maximum atomic E-state index is 14.8. The first-order valence-corrected chi connectivity index (χ1v) is 25.0. The van der Waals surface area contributed by atoms with Gasteiger partial charge in [-0.3, -0.25) is 33.7 Å². The van der Waals surface area contributed by atoms with Crippen molar-refractivity contribution in [2.24, 2.45) is 17.3 Å². The smallest absolute Gasteiger partial charge is 0.324 e. The van der Waals surface area contributed by atoms with E-state index in [2.05, 4.69) is 89.9 Å². The van der Waals surface area contributed by atoms with Crippen LogP contribution in [0.4, 0.5) is 0 Å². The molecule has 0 aliphatic carbocycles. The molecule has 3 unspecified atom stereocenters. The molecule has 69 heavy (non-hydrogen) atoms. The Kier molecular flexibility index (Phi) is 13.6. The minimum Gasteiger partial charge on any atom is -0.464 e. The summed E-state index contributed by atoms with van der Waals surface area (Å²) in [5.74, 6) is -2.54. The van der Waals surface area contributed by atoms with Gasteiger partial charge in [0.2, 0.25) is 17.7 Å². The fraction of sp³-hybridized carbons (Fsp3) is 0.547. The highest BCUT2D eigenvalue weighted by Gasteiger charge is 2.42. The lowest BCUT2D eigenvalue weighted by atomic mass is 9.84. The fourth-order valence-electron chi connectivity index (χ4n) is 11.6. The van der Waals surface area contributed by atoms with Crippen molar-refractivity contribution >= 4 is 40.5 Å². The van der Waals surface area contributed by atoms with Crippen LogP contribution in [0.1, 0.15) is 96.2 Å². The number of amides is 4. The minimum absolute atomic E-state index is 0.0496. The zero-order valence-electron chi connectivity index (χ0n) is 41.3. The molecule has 3 fully saturated rings. The summed E-state index contributed by atoms with van der Waals surface area (Å²) in [6.07, 6.45) is 6.34. The summed E-state index contributed by atoms with van der Waals surface area (Å²) in [5, 5.41) is 14.2. The zero-order valence-corrected chi connectivity index (χ0v) is 41.3. The molecule has 3 saturated heterocycles. The maximum absolute atomic E-state index is 14.8. The highest BCUT2D eigenvalue weighted by molar-refractivity contribution is 5.96. The topological polar surface area (TPSA) is 172 Å². The Morgan fingerprint density at radius 1 is 1.07 bits per heavy atom. The largest absolute Gasteiger partial charge is 0.464 e. The van der Waals surface area contributed by atoms with E-state index in [0.717, 1.165) is 69.6 Å². The molecule has 7 heterocycles. The molecule has 9 rings (SSSR count). The number of carbonyl (C=O) groups excluding carboxylic acids is 5. The number of piperidine rings is 1. The summed E-state index contributed by atoms with van der Waals surface area (Å²) < 4.78 is 17.5. The number of aromatic nitrogens is 3. The molecule has 0 radical (unpaired) electrons. The van der Waals surface area contributed by atoms with Crippen LogP contribution in [0.25, 0.3) is 33.3 Å². The monoisotopic (exact) mass is 944 g/mol. The Hall–Kier alpha value is -5.84. The predicted molar refractivity (Wildman–Crippen MR) is 262 cm³/mol. The molecular weight excluding hydrogens is 875 g/mol. The standard InChI is InChI=1S/C53H69N9O7/c1-9-45(63)59-22-19-36(29-59)50(65)58(8)46(31(3)4)49(64)56-41-24-33-13-11-14-34(23-33)35-16-17-42-37(25-35)38(26-53(6,7)30-68-52(67)40-15-12-21-61(57-40)51(41)66)48(60(42)10-2)39-27-55-62-43-18-20-54-28-44(43)69-32(5)47(39)62/h9,11,13-14,16-17,23,25,27,31-32,36,40-41,43-44,46,54,57H,1,10,12,15,18-22,24,26,28-30H2,2-8H3,(H,56,64)/t32-,36-,40-,41-,43?,44?,46?/m0/s1. The highest BCUT2D eigenvalue weighted by Crippen LogP contribution is 2.45. The van der Waals surface area contributed by atoms with Gasteiger partial charge >= 0.3 is 5.97 Å². The van der Waals surface area contributed by atoms with Crippen molar-refractivity contribution in [2.45, 2.75) is 123 Å². The van der Waals surface area contributed by atoms with Gasteiger partial charge in [0, 0.05) is 68.1 Å². The molecule has 16 nitrogen and oxygen atoms in total. The Labute approximate surface area is 405 Å². The van der Waals surface area contributed by atoms with E-state index in [4.69, 9.17) is 14.6 Å². The van der Waals surface area contributed by atoms with Crippen LogP contribution in [-0.4, -0.2) is 129 Å². The lowest BCUT2D eigenvalue weighted by Gasteiger charge is -2.40. The number of aryl methyl sites for hydroxylation is 1. The van der Waals surface area contributed by atoms with Gasteiger partial charge in [0.1, 0.15) is 18.1 Å². The van der Waals surface area contributed by atoms with Crippen LogP contribution in [-0.2, 0) is 52.8 Å². The number of fused-ring (bicyclic) bond motifs is 9. The second-order valence-corrected chi connectivity index (χ2v) is 20.9. The van der Waals surface area contributed by atoms with Gasteiger partial charge in [-0.05, 0) is 98.9 Å². The van der Waals surface area contributed by atoms with Crippen LogP contribution in [0.2, 0.25) is 0 Å². The number of benzene rings is 2. The third kappa shape index (κ3) is 9.34. The zero-order chi connectivity index (χ0) is 48.9. The Morgan fingerprint density at radius 3 is 2.64 bits per heavy atom. The quantitative estimate of drug-likeness (QED) is 0.155. The van der Waals surface area contributed by atoms with Gasteiger partial charge in [-0.1, -0.05) is 64.6 Å². The second kappa shape index (κ2) is 19.5. The molecule has 4 amide bonds. The van der Waals surface area contributed by atoms with Crippen LogP contribution in [0.15, 0.2) is 61.3 Å². The van der Waals surface area contributed by atoms with E-state index in [1.54, 1.807) is 11.9 Å². The lowest BCUT2D eigenvalue weighted by molar-refractivity contribution is -0.155. The Morgan fingerprint density at radius 2 is 1.87 bits per heavy atom. The van der Waals surface area contributed by atoms with Gasteiger partial charge in [-0.15, -0.1) is 0 Å². The molecule has 5 aliphatic rings. The number of hydrazine groups is 1. The van der Waals surface area contributed by atoms with Crippen LogP contribution in [0.3, 0.4) is 0 Å². The normalized spacial score (nSPS) is 25.3. The molecule has 3 N–H and O–H groups in total. The molecule has 368 valence electrons. The first kappa shape index (κ1) is 48.2. The van der Waals surface area contributed by atoms with Crippen molar-refractivity contribution < 1.29 is 33.4 Å². The summed E-state index contributed by atoms with van der Waals surface area (Å²) in [6.45, 7) is 19.4. The third-order valence-corrected chi connectivity index (χ3v) is 15.0. The van der Waals surface area contributed by atoms with Crippen molar-refractivity contribution in [1.29, 1.82) is 0 Å². The van der Waals surface area contributed by atoms with E-state index in [1.807, 2.05) is 32.2 Å². The van der Waals surface area contributed by atoms with Gasteiger partial charge in [0.15, 0.2) is 0 Å². The highest BCUT2D eigenvalue weighted by atomic mass is 16.5. The number of likely N-dealkylation sites (tertiary alicyclic amines) is 1. The molecule has 16 heteroatoms. The molecular formula is C53H69N9O7. The van der Waals surface area contributed by atoms with E-state index >= 15 is 0 Å². The van der Waals surface area contributed by atoms with Crippen LogP contribution in [0.5, 0.6) is 0 Å². The number of nitrogens with one attached hydrogen (secondary N) is 3. The van der Waals surface area contributed by atoms with Gasteiger partial charge < -0.3 is 34.5 Å². The summed E-state index contributed by atoms with van der Waals surface area (Å²) in [6, 6.07) is 12.1. The van der Waals surface area contributed by atoms with Gasteiger partial charge in [0.05, 0.1) is 48.4 Å². The lowest BCUT2D eigenvalue weighted by Crippen LogP contribution is -2.62. The third-order valence-electron chi connectivity index (χ3n) is 15.0. The minimum atomic E-state index is -1.05. The van der Waals surface area contributed by atoms with Crippen LogP contribution >= 0.6 is 0 Å². The first-order chi connectivity index (χ1) is 33.1. The molecule has 0 saturated carbocycles. The number of ether oxygens (including phenoxy) is 2. The van der Waals surface area contributed by atoms with Crippen LogP contribution < -0.4 is 16.1 Å². The Balaban J connectivity index is 1.09. The second-order valence-electron chi connectivity index (χ2n) is 20.9. The van der Waals surface area contributed by atoms with Crippen LogP contribution in [0, 0.1) is 17.3 Å². The number of hydrogen-bond acceptors (Lipinski definition) is 10. The van der Waals surface area contributed by atoms with E-state index in [9.17, 15) is 24.0 Å². The van der Waals surface area contributed by atoms with Gasteiger partial charge in [0.25, 0.3) is 5.91 Å². The molecule has 2 aromatic heterocycles. The van der Waals surface area contributed by atoms with E-state index < -0.39 is 47.2 Å². The summed E-state index contributed by atoms with van der Waals surface area (Å²) in [4.78, 5) is 72.7. The molecule has 6 bridgehead atoms. The number of rotatable bonds is 8. The molecule has 0 spiro atoms. The average molecular weight is 944 g/mol. The maximum Gasteiger partial charge on any atom is 0.324 e. The van der Waals surface area contributed by atoms with E-state index in [-0.39, 0.29) is 55.6 Å². The SMILES string of the molecule is C=CC(=O)N1CC[C@H](C(=O)N(C)C(C(=O)N[C@H]2Cc3cccc(c3)-c3ccc4c(c3)c(c(-c3cnn5c3[C@H](C)OC3CNCCC35)n4CC)CC(C)(C)COC(=O)[C@@H]3CCCN(N3)C2=O)C(C)C)C1. The fourth-order valence-corrected chi connectivity index (χ4v) is 11.6. The van der Waals surface area contributed by atoms with E-state index in [0.29, 0.717) is 45.3 Å². The number of hydrogen-bond donors (Lipinski definition) is 3. The number of likely N-dealkylation sites (N-methyl/N-ethyl adjacent to an activating group) is 1. The Bertz CT molecular complexity index is 2650. The predicted octanol–water partition coefficient (Wildman–Crippen LogP) is 5.35. The molecule has 5 aliphatic heterocycles. The molecule has 7 atom stereocenters. The van der Waals surface area contributed by atoms with Crippen molar-refractivity contribution in [2.75, 3.05) is 46.4 Å². The number of carbonyl (C=O) groups is 5. The van der Waals surface area contributed by atoms with Crippen molar-refractivity contribution in [1.82, 2.24) is 45.2 Å². The van der Waals surface area contributed by atoms with Crippen molar-refractivity contribution in [3.63, 3.8) is 0 Å². The summed E-state index contributed by atoms with van der Waals surface area (Å²) >= 11 is 0. The average Bonchev–Trinajstić information content (AvgIpc) is 4.09. The first-order valence-electron chi connectivity index (χ1n) is 25.0. The number of esters is 1.